The molecule has 0 heterocycles. The maximum Gasteiger partial charge on any atom is 0.472 e. The fraction of sp³-hybridized carbons (Fsp3) is 0.948. The first kappa shape index (κ1) is 94.1. The Morgan fingerprint density at radius 1 is 0.302 bits per heavy atom. The second-order valence-electron chi connectivity index (χ2n) is 28.5. The molecule has 3 N–H and O–H groups in total. The molecule has 17 nitrogen and oxygen atoms in total. The molecule has 0 aliphatic carbocycles. The summed E-state index contributed by atoms with van der Waals surface area (Å²) < 4.78 is 68.4. The quantitative estimate of drug-likeness (QED) is 0.0222. The molecular weight excluding hydrogens is 1260 g/mol. The Kier molecular flexibility index (Phi) is 67.4. The van der Waals surface area contributed by atoms with E-state index in [-0.39, 0.29) is 25.7 Å². The van der Waals surface area contributed by atoms with Crippen LogP contribution in [0.25, 0.3) is 0 Å². The van der Waals surface area contributed by atoms with Crippen LogP contribution in [0.2, 0.25) is 0 Å². The highest BCUT2D eigenvalue weighted by molar-refractivity contribution is 7.47. The van der Waals surface area contributed by atoms with E-state index in [9.17, 15) is 43.2 Å². The van der Waals surface area contributed by atoms with Crippen LogP contribution in [0.3, 0.4) is 0 Å². The number of phosphoric acid groups is 2. The van der Waals surface area contributed by atoms with Crippen LogP contribution >= 0.6 is 15.6 Å². The number of hydrogen-bond acceptors (Lipinski definition) is 15. The van der Waals surface area contributed by atoms with Crippen LogP contribution in [0, 0.1) is 11.8 Å². The van der Waals surface area contributed by atoms with Crippen LogP contribution in [0.5, 0.6) is 0 Å². The summed E-state index contributed by atoms with van der Waals surface area (Å²) in [6.45, 7) is 9.56. The Bertz CT molecular complexity index is 1860. The summed E-state index contributed by atoms with van der Waals surface area (Å²) in [6.07, 6.45) is 57.1. The highest BCUT2D eigenvalue weighted by atomic mass is 31.2. The van der Waals surface area contributed by atoms with E-state index in [2.05, 4.69) is 41.5 Å². The van der Waals surface area contributed by atoms with Crippen LogP contribution in [0.1, 0.15) is 401 Å². The number of unbranched alkanes of at least 4 members (excludes halogenated alkanes) is 45. The Balaban J connectivity index is 5.18. The van der Waals surface area contributed by atoms with Crippen LogP contribution in [0.15, 0.2) is 0 Å². The first-order valence-corrected chi connectivity index (χ1v) is 43.0. The molecule has 0 amide bonds. The minimum absolute atomic E-state index is 0.103. The maximum atomic E-state index is 13.1. The van der Waals surface area contributed by atoms with Crippen molar-refractivity contribution in [2.24, 2.45) is 11.8 Å². The summed E-state index contributed by atoms with van der Waals surface area (Å²) in [5, 5.41) is 10.6. The molecule has 0 rings (SSSR count). The highest BCUT2D eigenvalue weighted by Gasteiger charge is 2.30. The zero-order valence-electron chi connectivity index (χ0n) is 62.7. The molecule has 0 aromatic carbocycles. The number of carbonyl (C=O) groups is 4. The largest absolute Gasteiger partial charge is 0.472 e. The van der Waals surface area contributed by atoms with Gasteiger partial charge in [0.1, 0.15) is 19.3 Å². The first-order chi connectivity index (χ1) is 46.4. The van der Waals surface area contributed by atoms with E-state index in [0.717, 1.165) is 102 Å². The third-order valence-corrected chi connectivity index (χ3v) is 20.2. The third kappa shape index (κ3) is 69.2. The zero-order chi connectivity index (χ0) is 70.7. The van der Waals surface area contributed by atoms with Gasteiger partial charge in [0.15, 0.2) is 12.2 Å². The van der Waals surface area contributed by atoms with E-state index in [1.165, 1.54) is 212 Å². The topological polar surface area (TPSA) is 237 Å². The summed E-state index contributed by atoms with van der Waals surface area (Å²) in [4.78, 5) is 72.7. The lowest BCUT2D eigenvalue weighted by atomic mass is 9.99. The molecule has 0 aliphatic rings. The van der Waals surface area contributed by atoms with Crippen molar-refractivity contribution < 1.29 is 80.2 Å². The van der Waals surface area contributed by atoms with Crippen LogP contribution < -0.4 is 0 Å². The monoisotopic (exact) mass is 1410 g/mol. The van der Waals surface area contributed by atoms with Gasteiger partial charge in [0, 0.05) is 25.7 Å². The van der Waals surface area contributed by atoms with Gasteiger partial charge >= 0.3 is 39.5 Å². The molecule has 96 heavy (non-hydrogen) atoms. The average Bonchev–Trinajstić information content (AvgIpc) is 1.46. The van der Waals surface area contributed by atoms with Crippen molar-refractivity contribution in [1.82, 2.24) is 0 Å². The molecule has 0 aromatic rings. The predicted octanol–water partition coefficient (Wildman–Crippen LogP) is 22.7. The predicted molar refractivity (Wildman–Crippen MR) is 391 cm³/mol. The number of phosphoric ester groups is 2. The third-order valence-electron chi connectivity index (χ3n) is 18.3. The number of aliphatic hydroxyl groups is 1. The fourth-order valence-corrected chi connectivity index (χ4v) is 13.4. The number of esters is 4. The minimum atomic E-state index is -4.96. The molecule has 570 valence electrons. The average molecular weight is 1410 g/mol. The van der Waals surface area contributed by atoms with Gasteiger partial charge in [-0.15, -0.1) is 0 Å². The summed E-state index contributed by atoms with van der Waals surface area (Å²) in [5.41, 5.74) is 0. The molecule has 0 radical (unpaired) electrons. The van der Waals surface area contributed by atoms with Crippen molar-refractivity contribution in [2.75, 3.05) is 39.6 Å². The molecule has 0 saturated heterocycles. The van der Waals surface area contributed by atoms with Gasteiger partial charge in [-0.05, 0) is 37.5 Å². The number of rotatable bonds is 76. The molecule has 0 saturated carbocycles. The van der Waals surface area contributed by atoms with E-state index >= 15 is 0 Å². The second kappa shape index (κ2) is 68.8. The van der Waals surface area contributed by atoms with Crippen LogP contribution in [-0.4, -0.2) is 96.7 Å². The molecule has 0 fully saturated rings. The van der Waals surface area contributed by atoms with Crippen molar-refractivity contribution in [1.29, 1.82) is 0 Å². The van der Waals surface area contributed by atoms with E-state index in [4.69, 9.17) is 37.0 Å². The first-order valence-electron chi connectivity index (χ1n) is 40.0. The van der Waals surface area contributed by atoms with Gasteiger partial charge < -0.3 is 33.8 Å². The molecule has 0 aliphatic heterocycles. The van der Waals surface area contributed by atoms with E-state index in [1.54, 1.807) is 0 Å². The van der Waals surface area contributed by atoms with Gasteiger partial charge in [-0.3, -0.25) is 37.3 Å². The molecule has 3 unspecified atom stereocenters. The van der Waals surface area contributed by atoms with Crippen molar-refractivity contribution in [2.45, 2.75) is 419 Å². The number of ether oxygens (including phenoxy) is 4. The van der Waals surface area contributed by atoms with Crippen molar-refractivity contribution in [3.05, 3.63) is 0 Å². The molecule has 6 atom stereocenters. The van der Waals surface area contributed by atoms with Gasteiger partial charge in [-0.25, -0.2) is 9.13 Å². The van der Waals surface area contributed by atoms with Gasteiger partial charge in [-0.1, -0.05) is 350 Å². The van der Waals surface area contributed by atoms with Gasteiger partial charge in [0.2, 0.25) is 0 Å². The molecular formula is C77H150O17P2. The molecule has 0 spiro atoms. The summed E-state index contributed by atoms with van der Waals surface area (Å²) in [6, 6.07) is 0. The Morgan fingerprint density at radius 3 is 0.792 bits per heavy atom. The lowest BCUT2D eigenvalue weighted by Crippen LogP contribution is -2.30. The molecule has 0 aromatic heterocycles. The van der Waals surface area contributed by atoms with E-state index in [0.29, 0.717) is 31.6 Å². The summed E-state index contributed by atoms with van der Waals surface area (Å²) in [5.74, 6) is -0.574. The van der Waals surface area contributed by atoms with E-state index in [1.807, 2.05) is 0 Å². The smallest absolute Gasteiger partial charge is 0.462 e. The van der Waals surface area contributed by atoms with Gasteiger partial charge in [-0.2, -0.15) is 0 Å². The standard InChI is InChI=1S/C77H150O17P2/c1-7-10-12-14-16-18-19-20-21-22-23-24-25-26-31-34-37-43-49-55-61-76(81)93-72(66-88-75(80)60-54-48-42-36-33-30-28-27-29-32-35-40-46-52-58-70(6)9-3)67-91-95(83,84)89-63-71(78)64-90-96(85,86)92-68-73(65-87-74(79)59-53-47-41-17-15-13-11-8-2)94-77(82)62-56-50-44-38-39-45-51-57-69(4)5/h69-73,78H,7-68H2,1-6H3,(H,83,84)(H,85,86)/t70?,71-,72-,73-/m1/s1. The minimum Gasteiger partial charge on any atom is -0.462 e. The van der Waals surface area contributed by atoms with Crippen LogP contribution in [0.4, 0.5) is 0 Å². The maximum absolute atomic E-state index is 13.1. The number of aliphatic hydroxyl groups excluding tert-OH is 1. The molecule has 0 bridgehead atoms. The number of carbonyl (C=O) groups excluding carboxylic acids is 4. The van der Waals surface area contributed by atoms with E-state index < -0.39 is 97.5 Å². The lowest BCUT2D eigenvalue weighted by Gasteiger charge is -2.21. The van der Waals surface area contributed by atoms with Gasteiger partial charge in [0.25, 0.3) is 0 Å². The van der Waals surface area contributed by atoms with Crippen molar-refractivity contribution >= 4 is 39.5 Å². The fourth-order valence-electron chi connectivity index (χ4n) is 11.8. The summed E-state index contributed by atoms with van der Waals surface area (Å²) in [7, 11) is -9.91. The Morgan fingerprint density at radius 2 is 0.531 bits per heavy atom. The van der Waals surface area contributed by atoms with Gasteiger partial charge in [0.05, 0.1) is 26.4 Å². The SMILES string of the molecule is CCCCCCCCCCCCCCCCCCCCCCC(=O)O[C@H](COC(=O)CCCCCCCCCCCCCCCCC(C)CC)COP(=O)(O)OC[C@@H](O)COP(=O)(O)OC[C@@H](COC(=O)CCCCCCCCCC)OC(=O)CCCCCCCCCC(C)C. The van der Waals surface area contributed by atoms with Crippen molar-refractivity contribution in [3.63, 3.8) is 0 Å². The second-order valence-corrected chi connectivity index (χ2v) is 31.4. The lowest BCUT2D eigenvalue weighted by molar-refractivity contribution is -0.161. The zero-order valence-corrected chi connectivity index (χ0v) is 64.5. The molecule has 19 heteroatoms. The Hall–Kier alpha value is -1.94. The Labute approximate surface area is 588 Å². The van der Waals surface area contributed by atoms with Crippen LogP contribution in [-0.2, 0) is 65.4 Å². The van der Waals surface area contributed by atoms with Crippen molar-refractivity contribution in [3.8, 4) is 0 Å². The summed E-state index contributed by atoms with van der Waals surface area (Å²) >= 11 is 0. The normalized spacial score (nSPS) is 14.3. The number of hydrogen-bond donors (Lipinski definition) is 3. The highest BCUT2D eigenvalue weighted by Crippen LogP contribution is 2.45.